The lowest BCUT2D eigenvalue weighted by molar-refractivity contribution is 0.100. The Bertz CT molecular complexity index is 835. The molecule has 8 nitrogen and oxygen atoms in total. The number of carbonyl (C=O) groups is 2. The molecule has 2 unspecified atom stereocenters. The molecule has 2 heterocycles. The molecule has 2 aromatic rings. The third-order valence-electron chi connectivity index (χ3n) is 4.43. The molecule has 0 radical (unpaired) electrons. The number of nitrogens with zero attached hydrogens (tertiary/aromatic N) is 4. The van der Waals surface area contributed by atoms with Crippen LogP contribution in [-0.2, 0) is 26.9 Å². The summed E-state index contributed by atoms with van der Waals surface area (Å²) in [7, 11) is 3.59. The summed E-state index contributed by atoms with van der Waals surface area (Å²) < 4.78 is 3.34. The molecule has 2 N–H and O–H groups in total. The second kappa shape index (κ2) is 9.75. The number of aromatic nitrogens is 4. The van der Waals surface area contributed by atoms with E-state index in [-0.39, 0.29) is 11.6 Å². The molecule has 0 bridgehead atoms. The highest BCUT2D eigenvalue weighted by Gasteiger charge is 2.18. The number of carbonyl (C=O) groups excluding carboxylic acids is 2. The van der Waals surface area contributed by atoms with E-state index >= 15 is 0 Å². The van der Waals surface area contributed by atoms with Crippen LogP contribution >= 0.6 is 0 Å². The number of aliphatic hydroxyl groups excluding tert-OH is 2. The van der Waals surface area contributed by atoms with Crippen LogP contribution in [0.1, 0.15) is 71.2 Å². The van der Waals surface area contributed by atoms with Gasteiger partial charge in [0.1, 0.15) is 0 Å². The van der Waals surface area contributed by atoms with Crippen molar-refractivity contribution >= 4 is 11.6 Å². The van der Waals surface area contributed by atoms with Crippen molar-refractivity contribution in [2.75, 3.05) is 0 Å². The number of aryl methyl sites for hydroxylation is 3. The van der Waals surface area contributed by atoms with Gasteiger partial charge in [-0.2, -0.15) is 10.2 Å². The number of rotatable bonds is 6. The quantitative estimate of drug-likeness (QED) is 0.724. The molecule has 28 heavy (non-hydrogen) atoms. The van der Waals surface area contributed by atoms with Crippen molar-refractivity contribution in [1.29, 1.82) is 0 Å². The SMILES string of the molecule is CC(=O)c1c(C)nn(C)c1CC(C)O.CC(=O)c1c(CC(C)O)nn(C)c1C. The van der Waals surface area contributed by atoms with Crippen molar-refractivity contribution in [3.63, 3.8) is 0 Å². The van der Waals surface area contributed by atoms with E-state index in [1.807, 2.05) is 13.8 Å². The summed E-state index contributed by atoms with van der Waals surface area (Å²) in [5.74, 6) is 0.0116. The molecule has 0 aromatic carbocycles. The minimum Gasteiger partial charge on any atom is -0.393 e. The highest BCUT2D eigenvalue weighted by molar-refractivity contribution is 5.96. The third-order valence-corrected chi connectivity index (χ3v) is 4.43. The van der Waals surface area contributed by atoms with Crippen molar-refractivity contribution in [1.82, 2.24) is 19.6 Å². The highest BCUT2D eigenvalue weighted by atomic mass is 16.3. The smallest absolute Gasteiger partial charge is 0.163 e. The summed E-state index contributed by atoms with van der Waals surface area (Å²) in [5.41, 5.74) is 4.38. The van der Waals surface area contributed by atoms with Crippen LogP contribution in [0, 0.1) is 13.8 Å². The molecule has 0 saturated carbocycles. The van der Waals surface area contributed by atoms with E-state index in [0.29, 0.717) is 29.7 Å². The first-order valence-corrected chi connectivity index (χ1v) is 9.29. The first kappa shape index (κ1) is 23.7. The third kappa shape index (κ3) is 5.84. The van der Waals surface area contributed by atoms with Crippen LogP contribution in [-0.4, -0.2) is 53.5 Å². The number of Topliss-reactive ketones (excluding diaryl/α,β-unsaturated/α-hetero) is 2. The number of hydrogen-bond donors (Lipinski definition) is 2. The Balaban J connectivity index is 0.000000280. The zero-order valence-corrected chi connectivity index (χ0v) is 18.1. The molecule has 8 heteroatoms. The van der Waals surface area contributed by atoms with E-state index in [1.165, 1.54) is 13.8 Å². The average Bonchev–Trinajstić information content (AvgIpc) is 2.95. The van der Waals surface area contributed by atoms with Crippen LogP contribution in [0.25, 0.3) is 0 Å². The number of ketones is 2. The maximum atomic E-state index is 11.3. The van der Waals surface area contributed by atoms with Gasteiger partial charge in [-0.05, 0) is 41.5 Å². The minimum atomic E-state index is -0.470. The topological polar surface area (TPSA) is 110 Å². The summed E-state index contributed by atoms with van der Waals surface area (Å²) in [4.78, 5) is 22.7. The van der Waals surface area contributed by atoms with Gasteiger partial charge in [-0.25, -0.2) is 0 Å². The molecule has 0 amide bonds. The molecule has 0 aliphatic heterocycles. The summed E-state index contributed by atoms with van der Waals surface area (Å²) in [6, 6.07) is 0. The summed E-state index contributed by atoms with van der Waals surface area (Å²) in [6.45, 7) is 10.1. The van der Waals surface area contributed by atoms with E-state index in [4.69, 9.17) is 0 Å². The molecule has 0 fully saturated rings. The maximum absolute atomic E-state index is 11.3. The molecular formula is C20H32N4O4. The average molecular weight is 393 g/mol. The van der Waals surface area contributed by atoms with Crippen LogP contribution in [0.4, 0.5) is 0 Å². The van der Waals surface area contributed by atoms with Gasteiger partial charge in [-0.1, -0.05) is 0 Å². The fourth-order valence-electron chi connectivity index (χ4n) is 3.24. The van der Waals surface area contributed by atoms with Crippen LogP contribution in [0.2, 0.25) is 0 Å². The van der Waals surface area contributed by atoms with Crippen molar-refractivity contribution in [3.8, 4) is 0 Å². The first-order valence-electron chi connectivity index (χ1n) is 9.29. The van der Waals surface area contributed by atoms with Gasteiger partial charge in [0, 0.05) is 32.6 Å². The van der Waals surface area contributed by atoms with E-state index in [1.54, 1.807) is 37.3 Å². The second-order valence-electron chi connectivity index (χ2n) is 7.28. The van der Waals surface area contributed by atoms with Gasteiger partial charge in [0.05, 0.1) is 40.4 Å². The molecular weight excluding hydrogens is 360 g/mol. The Labute approximate surface area is 166 Å². The predicted octanol–water partition coefficient (Wildman–Crippen LogP) is 1.71. The van der Waals surface area contributed by atoms with Gasteiger partial charge in [0.2, 0.25) is 0 Å². The fraction of sp³-hybridized carbons (Fsp3) is 0.600. The minimum absolute atomic E-state index is 0.00579. The molecule has 0 aliphatic carbocycles. The lowest BCUT2D eigenvalue weighted by Gasteiger charge is -2.06. The van der Waals surface area contributed by atoms with E-state index in [2.05, 4.69) is 10.2 Å². The zero-order chi connectivity index (χ0) is 21.8. The molecule has 2 rings (SSSR count). The Morgan fingerprint density at radius 2 is 1.39 bits per heavy atom. The zero-order valence-electron chi connectivity index (χ0n) is 18.1. The molecule has 0 saturated heterocycles. The highest BCUT2D eigenvalue weighted by Crippen LogP contribution is 2.16. The number of hydrogen-bond acceptors (Lipinski definition) is 6. The maximum Gasteiger partial charge on any atom is 0.163 e. The molecule has 156 valence electrons. The Kier molecular flexibility index (Phi) is 8.26. The molecule has 0 aliphatic rings. The van der Waals surface area contributed by atoms with Crippen molar-refractivity contribution < 1.29 is 19.8 Å². The van der Waals surface area contributed by atoms with Crippen LogP contribution in [0.5, 0.6) is 0 Å². The first-order chi connectivity index (χ1) is 12.9. The summed E-state index contributed by atoms with van der Waals surface area (Å²) in [6.07, 6.45) is -0.0339. The van der Waals surface area contributed by atoms with Gasteiger partial charge in [-0.3, -0.25) is 19.0 Å². The lowest BCUT2D eigenvalue weighted by Crippen LogP contribution is -2.12. The van der Waals surface area contributed by atoms with Gasteiger partial charge in [0.15, 0.2) is 11.6 Å². The van der Waals surface area contributed by atoms with Gasteiger partial charge < -0.3 is 10.2 Å². The van der Waals surface area contributed by atoms with E-state index in [0.717, 1.165) is 17.1 Å². The molecule has 2 atom stereocenters. The number of aliphatic hydroxyl groups is 2. The monoisotopic (exact) mass is 392 g/mol. The van der Waals surface area contributed by atoms with Crippen LogP contribution in [0.15, 0.2) is 0 Å². The summed E-state index contributed by atoms with van der Waals surface area (Å²) in [5, 5.41) is 26.9. The van der Waals surface area contributed by atoms with E-state index < -0.39 is 12.2 Å². The van der Waals surface area contributed by atoms with E-state index in [9.17, 15) is 19.8 Å². The van der Waals surface area contributed by atoms with Crippen molar-refractivity contribution in [3.05, 3.63) is 33.9 Å². The standard InChI is InChI=1S/2C10H16N2O2/c1-6(13)5-9-10(8(3)14)7(2)12(4)11-9;1-6(13)5-9-10(8(3)14)7(2)11-12(9)4/h2*6,13H,5H2,1-4H3. The Morgan fingerprint density at radius 3 is 1.82 bits per heavy atom. The lowest BCUT2D eigenvalue weighted by atomic mass is 10.1. The largest absolute Gasteiger partial charge is 0.393 e. The normalized spacial score (nSPS) is 12.9. The predicted molar refractivity (Wildman–Crippen MR) is 107 cm³/mol. The Hall–Kier alpha value is -2.32. The second-order valence-corrected chi connectivity index (χ2v) is 7.28. The molecule has 2 aromatic heterocycles. The van der Waals surface area contributed by atoms with Crippen LogP contribution < -0.4 is 0 Å². The van der Waals surface area contributed by atoms with Gasteiger partial charge in [0.25, 0.3) is 0 Å². The fourth-order valence-corrected chi connectivity index (χ4v) is 3.24. The van der Waals surface area contributed by atoms with Crippen molar-refractivity contribution in [2.24, 2.45) is 14.1 Å². The van der Waals surface area contributed by atoms with Gasteiger partial charge >= 0.3 is 0 Å². The molecule has 0 spiro atoms. The van der Waals surface area contributed by atoms with Gasteiger partial charge in [-0.15, -0.1) is 0 Å². The Morgan fingerprint density at radius 1 is 0.893 bits per heavy atom. The summed E-state index contributed by atoms with van der Waals surface area (Å²) >= 11 is 0. The van der Waals surface area contributed by atoms with Crippen molar-refractivity contribution in [2.45, 2.75) is 66.6 Å². The van der Waals surface area contributed by atoms with Crippen LogP contribution in [0.3, 0.4) is 0 Å².